The van der Waals surface area contributed by atoms with Crippen molar-refractivity contribution in [3.63, 3.8) is 0 Å². The minimum atomic E-state index is -0.491. The summed E-state index contributed by atoms with van der Waals surface area (Å²) in [7, 11) is 0. The van der Waals surface area contributed by atoms with E-state index >= 15 is 0 Å². The number of nitrogens with two attached hydrogens (primary N) is 1. The van der Waals surface area contributed by atoms with Crippen molar-refractivity contribution in [1.82, 2.24) is 4.90 Å². The fraction of sp³-hybridized carbons (Fsp3) is 0.562. The van der Waals surface area contributed by atoms with Crippen LogP contribution in [0.15, 0.2) is 22.7 Å². The topological polar surface area (TPSA) is 55.6 Å². The molecule has 1 aromatic carbocycles. The number of amides is 1. The minimum Gasteiger partial charge on any atom is -0.481 e. The second-order valence-corrected chi connectivity index (χ2v) is 6.53. The maximum absolute atomic E-state index is 12.4. The van der Waals surface area contributed by atoms with Gasteiger partial charge in [-0.05, 0) is 45.2 Å². The predicted molar refractivity (Wildman–Crippen MR) is 87.3 cm³/mol. The van der Waals surface area contributed by atoms with Crippen molar-refractivity contribution in [3.8, 4) is 5.75 Å². The molecule has 1 aliphatic rings. The van der Waals surface area contributed by atoms with Crippen LogP contribution in [0.2, 0.25) is 0 Å². The standard InChI is InChI=1S/C16H23BrN2O2/c1-11(18)14-7-6-13(17)10-15(14)21-12(2)16(20)19-8-4-3-5-9-19/h6-7,10-12H,3-5,8-9,18H2,1-2H3/t11-,12?/m1/s1. The number of hydrogen-bond donors (Lipinski definition) is 1. The van der Waals surface area contributed by atoms with Gasteiger partial charge in [-0.1, -0.05) is 22.0 Å². The van der Waals surface area contributed by atoms with Crippen LogP contribution in [0.25, 0.3) is 0 Å². The Balaban J connectivity index is 2.09. The van der Waals surface area contributed by atoms with E-state index in [1.807, 2.05) is 36.9 Å². The van der Waals surface area contributed by atoms with E-state index in [0.29, 0.717) is 5.75 Å². The molecule has 0 aromatic heterocycles. The lowest BCUT2D eigenvalue weighted by atomic mass is 10.1. The number of rotatable bonds is 4. The number of carbonyl (C=O) groups is 1. The molecule has 4 nitrogen and oxygen atoms in total. The maximum Gasteiger partial charge on any atom is 0.263 e. The smallest absolute Gasteiger partial charge is 0.263 e. The van der Waals surface area contributed by atoms with E-state index in [2.05, 4.69) is 15.9 Å². The highest BCUT2D eigenvalue weighted by Gasteiger charge is 2.24. The first-order chi connectivity index (χ1) is 9.99. The molecule has 1 unspecified atom stereocenters. The Morgan fingerprint density at radius 3 is 2.57 bits per heavy atom. The van der Waals surface area contributed by atoms with Gasteiger partial charge >= 0.3 is 0 Å². The largest absolute Gasteiger partial charge is 0.481 e. The molecule has 0 saturated carbocycles. The summed E-state index contributed by atoms with van der Waals surface area (Å²) in [5.74, 6) is 0.738. The Labute approximate surface area is 134 Å². The number of ether oxygens (including phenoxy) is 1. The quantitative estimate of drug-likeness (QED) is 0.902. The van der Waals surface area contributed by atoms with Gasteiger partial charge in [-0.25, -0.2) is 0 Å². The zero-order valence-corrected chi connectivity index (χ0v) is 14.2. The molecular weight excluding hydrogens is 332 g/mol. The average molecular weight is 355 g/mol. The van der Waals surface area contributed by atoms with Crippen molar-refractivity contribution in [3.05, 3.63) is 28.2 Å². The number of hydrogen-bond acceptors (Lipinski definition) is 3. The van der Waals surface area contributed by atoms with Gasteiger partial charge in [0, 0.05) is 29.2 Å². The third kappa shape index (κ3) is 4.20. The van der Waals surface area contributed by atoms with Gasteiger partial charge in [0.2, 0.25) is 0 Å². The van der Waals surface area contributed by atoms with Crippen LogP contribution in [0, 0.1) is 0 Å². The molecule has 116 valence electrons. The van der Waals surface area contributed by atoms with E-state index in [4.69, 9.17) is 10.5 Å². The van der Waals surface area contributed by atoms with E-state index in [1.165, 1.54) is 6.42 Å². The van der Waals surface area contributed by atoms with Crippen molar-refractivity contribution in [2.45, 2.75) is 45.3 Å². The van der Waals surface area contributed by atoms with Crippen LogP contribution >= 0.6 is 15.9 Å². The summed E-state index contributed by atoms with van der Waals surface area (Å²) in [6.45, 7) is 5.40. The molecule has 1 amide bonds. The van der Waals surface area contributed by atoms with Crippen molar-refractivity contribution in [1.29, 1.82) is 0 Å². The number of likely N-dealkylation sites (tertiary alicyclic amines) is 1. The molecule has 1 fully saturated rings. The molecule has 2 rings (SSSR count). The first-order valence-corrected chi connectivity index (χ1v) is 8.29. The van der Waals surface area contributed by atoms with E-state index in [9.17, 15) is 4.79 Å². The summed E-state index contributed by atoms with van der Waals surface area (Å²) in [6, 6.07) is 5.61. The van der Waals surface area contributed by atoms with Crippen molar-refractivity contribution in [2.75, 3.05) is 13.1 Å². The molecule has 0 spiro atoms. The molecule has 1 aliphatic heterocycles. The molecule has 0 bridgehead atoms. The summed E-state index contributed by atoms with van der Waals surface area (Å²) in [6.07, 6.45) is 2.88. The maximum atomic E-state index is 12.4. The summed E-state index contributed by atoms with van der Waals surface area (Å²) in [5.41, 5.74) is 6.88. The van der Waals surface area contributed by atoms with Crippen LogP contribution < -0.4 is 10.5 Å². The van der Waals surface area contributed by atoms with Gasteiger partial charge < -0.3 is 15.4 Å². The van der Waals surface area contributed by atoms with E-state index < -0.39 is 6.10 Å². The summed E-state index contributed by atoms with van der Waals surface area (Å²) >= 11 is 3.43. The van der Waals surface area contributed by atoms with Crippen LogP contribution in [-0.2, 0) is 4.79 Å². The monoisotopic (exact) mass is 354 g/mol. The Kier molecular flexibility index (Phi) is 5.65. The molecule has 2 N–H and O–H groups in total. The van der Waals surface area contributed by atoms with Crippen molar-refractivity contribution >= 4 is 21.8 Å². The number of halogens is 1. The third-order valence-corrected chi connectivity index (χ3v) is 4.28. The summed E-state index contributed by atoms with van der Waals surface area (Å²) in [4.78, 5) is 14.3. The third-order valence-electron chi connectivity index (χ3n) is 3.79. The zero-order chi connectivity index (χ0) is 15.4. The second-order valence-electron chi connectivity index (χ2n) is 5.62. The Hall–Kier alpha value is -1.07. The molecule has 1 saturated heterocycles. The molecule has 0 aliphatic carbocycles. The van der Waals surface area contributed by atoms with E-state index in [-0.39, 0.29) is 11.9 Å². The average Bonchev–Trinajstić information content (AvgIpc) is 2.47. The van der Waals surface area contributed by atoms with Crippen LogP contribution in [-0.4, -0.2) is 30.0 Å². The minimum absolute atomic E-state index is 0.0605. The lowest BCUT2D eigenvalue weighted by Gasteiger charge is -2.29. The van der Waals surface area contributed by atoms with Gasteiger partial charge in [0.15, 0.2) is 6.10 Å². The molecule has 0 radical (unpaired) electrons. The second kappa shape index (κ2) is 7.27. The molecule has 5 heteroatoms. The van der Waals surface area contributed by atoms with Gasteiger partial charge in [-0.15, -0.1) is 0 Å². The first-order valence-electron chi connectivity index (χ1n) is 7.49. The molecular formula is C16H23BrN2O2. The molecule has 21 heavy (non-hydrogen) atoms. The number of nitrogens with zero attached hydrogens (tertiary/aromatic N) is 1. The number of benzene rings is 1. The normalized spacial score (nSPS) is 18.2. The lowest BCUT2D eigenvalue weighted by Crippen LogP contribution is -2.43. The van der Waals surface area contributed by atoms with Crippen LogP contribution in [0.1, 0.15) is 44.7 Å². The van der Waals surface area contributed by atoms with Crippen LogP contribution in [0.3, 0.4) is 0 Å². The highest BCUT2D eigenvalue weighted by Crippen LogP contribution is 2.28. The van der Waals surface area contributed by atoms with E-state index in [0.717, 1.165) is 36.0 Å². The first kappa shape index (κ1) is 16.3. The Morgan fingerprint density at radius 2 is 1.95 bits per heavy atom. The predicted octanol–water partition coefficient (Wildman–Crippen LogP) is 3.25. The molecule has 1 aromatic rings. The highest BCUT2D eigenvalue weighted by molar-refractivity contribution is 9.10. The fourth-order valence-corrected chi connectivity index (χ4v) is 2.94. The van der Waals surface area contributed by atoms with E-state index in [1.54, 1.807) is 0 Å². The molecule has 1 heterocycles. The van der Waals surface area contributed by atoms with Crippen molar-refractivity contribution in [2.24, 2.45) is 5.73 Å². The number of piperidine rings is 1. The summed E-state index contributed by atoms with van der Waals surface area (Å²) < 4.78 is 6.82. The van der Waals surface area contributed by atoms with Gasteiger partial charge in [0.25, 0.3) is 5.91 Å². The zero-order valence-electron chi connectivity index (χ0n) is 12.6. The van der Waals surface area contributed by atoms with Crippen LogP contribution in [0.4, 0.5) is 0 Å². The number of carbonyl (C=O) groups excluding carboxylic acids is 1. The van der Waals surface area contributed by atoms with Gasteiger partial charge in [-0.2, -0.15) is 0 Å². The SMILES string of the molecule is CC(Oc1cc(Br)ccc1[C@@H](C)N)C(=O)N1CCCCC1. The molecule has 2 atom stereocenters. The Bertz CT molecular complexity index is 499. The van der Waals surface area contributed by atoms with Gasteiger partial charge in [0.05, 0.1) is 0 Å². The summed E-state index contributed by atoms with van der Waals surface area (Å²) in [5, 5.41) is 0. The highest BCUT2D eigenvalue weighted by atomic mass is 79.9. The van der Waals surface area contributed by atoms with Crippen LogP contribution in [0.5, 0.6) is 5.75 Å². The van der Waals surface area contributed by atoms with Gasteiger partial charge in [-0.3, -0.25) is 4.79 Å². The van der Waals surface area contributed by atoms with Gasteiger partial charge in [0.1, 0.15) is 5.75 Å². The van der Waals surface area contributed by atoms with Crippen molar-refractivity contribution < 1.29 is 9.53 Å². The fourth-order valence-electron chi connectivity index (χ4n) is 2.60. The lowest BCUT2D eigenvalue weighted by molar-refractivity contribution is -0.138. The Morgan fingerprint density at radius 1 is 1.29 bits per heavy atom.